The van der Waals surface area contributed by atoms with Crippen LogP contribution in [0.4, 0.5) is 0 Å². The van der Waals surface area contributed by atoms with Crippen LogP contribution in [0, 0.1) is 0 Å². The Morgan fingerprint density at radius 1 is 1.71 bits per heavy atom. The summed E-state index contributed by atoms with van der Waals surface area (Å²) in [4.78, 5) is 12.0. The Morgan fingerprint density at radius 2 is 2.53 bits per heavy atom. The van der Waals surface area contributed by atoms with Crippen molar-refractivity contribution < 1.29 is 4.79 Å². The van der Waals surface area contributed by atoms with Crippen molar-refractivity contribution in [1.29, 1.82) is 0 Å². The Bertz CT molecular complexity index is 393. The highest BCUT2D eigenvalue weighted by Crippen LogP contribution is 2.18. The van der Waals surface area contributed by atoms with Gasteiger partial charge in [-0.2, -0.15) is 5.10 Å². The van der Waals surface area contributed by atoms with Gasteiger partial charge in [-0.25, -0.2) is 0 Å². The molecule has 1 saturated heterocycles. The molecule has 2 rings (SSSR count). The van der Waals surface area contributed by atoms with Gasteiger partial charge in [-0.15, -0.1) is 0 Å². The molecule has 94 valence electrons. The van der Waals surface area contributed by atoms with Crippen LogP contribution in [-0.4, -0.2) is 34.3 Å². The molecule has 1 unspecified atom stereocenters. The highest BCUT2D eigenvalue weighted by Gasteiger charge is 2.35. The summed E-state index contributed by atoms with van der Waals surface area (Å²) in [6.45, 7) is 3.55. The highest BCUT2D eigenvalue weighted by molar-refractivity contribution is 5.86. The van der Waals surface area contributed by atoms with Crippen molar-refractivity contribution in [3.63, 3.8) is 0 Å². The molecule has 1 aromatic heterocycles. The normalized spacial score (nSPS) is 23.9. The van der Waals surface area contributed by atoms with Crippen molar-refractivity contribution in [3.05, 3.63) is 18.0 Å². The topological polar surface area (TPSA) is 59.0 Å². The minimum atomic E-state index is -0.371. The molecule has 1 aliphatic heterocycles. The lowest BCUT2D eigenvalue weighted by molar-refractivity contribution is -0.126. The smallest absolute Gasteiger partial charge is 0.240 e. The zero-order chi connectivity index (χ0) is 12.3. The molecule has 5 nitrogen and oxygen atoms in total. The molecule has 0 aliphatic carbocycles. The van der Waals surface area contributed by atoms with E-state index in [-0.39, 0.29) is 11.4 Å². The molecule has 1 atom stereocenters. The van der Waals surface area contributed by atoms with E-state index in [1.54, 1.807) is 4.68 Å². The van der Waals surface area contributed by atoms with Crippen molar-refractivity contribution in [3.8, 4) is 0 Å². The molecule has 1 aromatic rings. The van der Waals surface area contributed by atoms with Gasteiger partial charge in [0.25, 0.3) is 0 Å². The van der Waals surface area contributed by atoms with Crippen LogP contribution in [0.25, 0.3) is 0 Å². The summed E-state index contributed by atoms with van der Waals surface area (Å²) in [5.41, 5.74) is 0.641. The molecule has 0 saturated carbocycles. The van der Waals surface area contributed by atoms with Crippen molar-refractivity contribution in [2.45, 2.75) is 31.7 Å². The van der Waals surface area contributed by atoms with E-state index >= 15 is 0 Å². The Hall–Kier alpha value is -1.36. The fourth-order valence-corrected chi connectivity index (χ4v) is 2.18. The molecule has 5 heteroatoms. The van der Waals surface area contributed by atoms with E-state index in [2.05, 4.69) is 15.7 Å². The largest absolute Gasteiger partial charge is 0.354 e. The van der Waals surface area contributed by atoms with Gasteiger partial charge in [-0.05, 0) is 32.4 Å². The molecular weight excluding hydrogens is 216 g/mol. The number of hydrogen-bond donors (Lipinski definition) is 2. The number of carbonyl (C=O) groups is 1. The summed E-state index contributed by atoms with van der Waals surface area (Å²) in [5, 5.41) is 10.5. The Labute approximate surface area is 102 Å². The van der Waals surface area contributed by atoms with Crippen molar-refractivity contribution in [1.82, 2.24) is 20.4 Å². The van der Waals surface area contributed by atoms with Crippen molar-refractivity contribution in [2.75, 3.05) is 13.1 Å². The quantitative estimate of drug-likeness (QED) is 0.786. The number of hydrogen-bond acceptors (Lipinski definition) is 3. The lowest BCUT2D eigenvalue weighted by Gasteiger charge is -2.22. The number of aryl methyl sites for hydroxylation is 1. The summed E-state index contributed by atoms with van der Waals surface area (Å²) in [5.74, 6) is 0.103. The van der Waals surface area contributed by atoms with E-state index in [1.807, 2.05) is 26.2 Å². The second-order valence-electron chi connectivity index (χ2n) is 4.85. The lowest BCUT2D eigenvalue weighted by Crippen LogP contribution is -2.51. The Kier molecular flexibility index (Phi) is 3.47. The number of carbonyl (C=O) groups excluding carboxylic acids is 1. The number of aromatic nitrogens is 2. The predicted octanol–water partition coefficient (Wildman–Crippen LogP) is 0.221. The third-order valence-corrected chi connectivity index (χ3v) is 3.31. The zero-order valence-electron chi connectivity index (χ0n) is 10.5. The van der Waals surface area contributed by atoms with Gasteiger partial charge in [0.1, 0.15) is 0 Å². The summed E-state index contributed by atoms with van der Waals surface area (Å²) in [7, 11) is 1.89. The Morgan fingerprint density at radius 3 is 3.12 bits per heavy atom. The van der Waals surface area contributed by atoms with E-state index in [4.69, 9.17) is 0 Å². The molecule has 1 aliphatic rings. The minimum Gasteiger partial charge on any atom is -0.354 e. The molecule has 0 aromatic carbocycles. The fourth-order valence-electron chi connectivity index (χ4n) is 2.18. The van der Waals surface area contributed by atoms with Gasteiger partial charge in [0, 0.05) is 26.2 Å². The molecule has 17 heavy (non-hydrogen) atoms. The standard InChI is InChI=1S/C12H20N4O/c1-12(6-3-7-14-12)11(17)13-8-4-10-5-9-16(2)15-10/h5,9,14H,3-4,6-8H2,1-2H3,(H,13,17). The van der Waals surface area contributed by atoms with E-state index in [0.29, 0.717) is 6.54 Å². The third kappa shape index (κ3) is 2.85. The second kappa shape index (κ2) is 4.87. The molecule has 2 N–H and O–H groups in total. The molecular formula is C12H20N4O. The zero-order valence-corrected chi connectivity index (χ0v) is 10.5. The first kappa shape index (κ1) is 12.1. The highest BCUT2D eigenvalue weighted by atomic mass is 16.2. The molecule has 0 radical (unpaired) electrons. The van der Waals surface area contributed by atoms with Gasteiger partial charge in [0.15, 0.2) is 0 Å². The van der Waals surface area contributed by atoms with Crippen LogP contribution in [0.3, 0.4) is 0 Å². The average Bonchev–Trinajstić information content (AvgIpc) is 2.89. The van der Waals surface area contributed by atoms with Crippen LogP contribution >= 0.6 is 0 Å². The number of nitrogens with one attached hydrogen (secondary N) is 2. The van der Waals surface area contributed by atoms with E-state index in [0.717, 1.165) is 31.5 Å². The lowest BCUT2D eigenvalue weighted by atomic mass is 9.99. The molecule has 1 amide bonds. The predicted molar refractivity (Wildman–Crippen MR) is 65.6 cm³/mol. The van der Waals surface area contributed by atoms with Crippen LogP contribution in [0.1, 0.15) is 25.5 Å². The molecule has 2 heterocycles. The van der Waals surface area contributed by atoms with Crippen molar-refractivity contribution in [2.24, 2.45) is 7.05 Å². The number of amides is 1. The Balaban J connectivity index is 1.77. The SMILES string of the molecule is Cn1ccc(CCNC(=O)C2(C)CCCN2)n1. The van der Waals surface area contributed by atoms with Crippen LogP contribution in [0.5, 0.6) is 0 Å². The van der Waals surface area contributed by atoms with Gasteiger partial charge in [0.2, 0.25) is 5.91 Å². The molecule has 0 spiro atoms. The number of rotatable bonds is 4. The first-order chi connectivity index (χ1) is 8.10. The molecule has 1 fully saturated rings. The monoisotopic (exact) mass is 236 g/mol. The summed E-state index contributed by atoms with van der Waals surface area (Å²) >= 11 is 0. The van der Waals surface area contributed by atoms with Gasteiger partial charge >= 0.3 is 0 Å². The van der Waals surface area contributed by atoms with Crippen molar-refractivity contribution >= 4 is 5.91 Å². The maximum atomic E-state index is 12.0. The first-order valence-corrected chi connectivity index (χ1v) is 6.12. The van der Waals surface area contributed by atoms with Crippen LogP contribution < -0.4 is 10.6 Å². The minimum absolute atomic E-state index is 0.103. The van der Waals surface area contributed by atoms with Gasteiger partial charge < -0.3 is 10.6 Å². The summed E-state index contributed by atoms with van der Waals surface area (Å²) in [6.07, 6.45) is 4.69. The summed E-state index contributed by atoms with van der Waals surface area (Å²) in [6, 6.07) is 1.97. The first-order valence-electron chi connectivity index (χ1n) is 6.12. The molecule has 0 bridgehead atoms. The van der Waals surface area contributed by atoms with Crippen LogP contribution in [-0.2, 0) is 18.3 Å². The van der Waals surface area contributed by atoms with Gasteiger partial charge in [0.05, 0.1) is 11.2 Å². The maximum absolute atomic E-state index is 12.0. The summed E-state index contributed by atoms with van der Waals surface area (Å²) < 4.78 is 1.77. The average molecular weight is 236 g/mol. The van der Waals surface area contributed by atoms with Gasteiger partial charge in [-0.1, -0.05) is 0 Å². The van der Waals surface area contributed by atoms with Crippen LogP contribution in [0.15, 0.2) is 12.3 Å². The second-order valence-corrected chi connectivity index (χ2v) is 4.85. The fraction of sp³-hybridized carbons (Fsp3) is 0.667. The maximum Gasteiger partial charge on any atom is 0.240 e. The van der Waals surface area contributed by atoms with Gasteiger partial charge in [-0.3, -0.25) is 9.48 Å². The van der Waals surface area contributed by atoms with E-state index < -0.39 is 0 Å². The van der Waals surface area contributed by atoms with E-state index in [9.17, 15) is 4.79 Å². The third-order valence-electron chi connectivity index (χ3n) is 3.31. The van der Waals surface area contributed by atoms with E-state index in [1.165, 1.54) is 0 Å². The van der Waals surface area contributed by atoms with Crippen LogP contribution in [0.2, 0.25) is 0 Å². The number of nitrogens with zero attached hydrogens (tertiary/aromatic N) is 2.